The maximum absolute atomic E-state index is 12.6. The van der Waals surface area contributed by atoms with Crippen LogP contribution >= 0.6 is 0 Å². The van der Waals surface area contributed by atoms with Crippen molar-refractivity contribution in [1.29, 1.82) is 0 Å². The fourth-order valence-corrected chi connectivity index (χ4v) is 5.58. The fourth-order valence-electron chi connectivity index (χ4n) is 5.58. The van der Waals surface area contributed by atoms with Crippen LogP contribution < -0.4 is 10.9 Å². The Kier molecular flexibility index (Phi) is 16.8. The van der Waals surface area contributed by atoms with E-state index in [1.165, 1.54) is 90.1 Å². The lowest BCUT2D eigenvalue weighted by molar-refractivity contribution is 0.251. The summed E-state index contributed by atoms with van der Waals surface area (Å²) < 4.78 is 0. The van der Waals surface area contributed by atoms with Gasteiger partial charge in [-0.2, -0.15) is 0 Å². The van der Waals surface area contributed by atoms with E-state index < -0.39 is 0 Å². The molecule has 0 aliphatic heterocycles. The van der Waals surface area contributed by atoms with Crippen molar-refractivity contribution in [3.05, 3.63) is 31.6 Å². The Morgan fingerprint density at radius 1 is 0.583 bits per heavy atom. The van der Waals surface area contributed by atoms with E-state index in [2.05, 4.69) is 53.4 Å². The molecule has 0 aromatic heterocycles. The second kappa shape index (κ2) is 18.3. The minimum Gasteiger partial charge on any atom is -0.303 e. The zero-order valence-corrected chi connectivity index (χ0v) is 25.4. The molecule has 1 aromatic rings. The molecule has 0 saturated heterocycles. The van der Waals surface area contributed by atoms with Gasteiger partial charge in [-0.05, 0) is 69.0 Å². The molecule has 210 valence electrons. The van der Waals surface area contributed by atoms with E-state index >= 15 is 0 Å². The zero-order chi connectivity index (χ0) is 27.0. The van der Waals surface area contributed by atoms with Gasteiger partial charge in [-0.1, -0.05) is 119 Å². The first-order valence-electron chi connectivity index (χ1n) is 15.7. The molecule has 0 aliphatic rings. The molecule has 0 fully saturated rings. The average Bonchev–Trinajstić information content (AvgIpc) is 2.82. The SMILES string of the molecule is CCCCCCCCCN(CCCCCCC)CCC(C)c1c(C(C)CCCC(C)(C)C)c(=O)c1=O. The lowest BCUT2D eigenvalue weighted by atomic mass is 9.80. The van der Waals surface area contributed by atoms with Crippen molar-refractivity contribution in [2.45, 2.75) is 163 Å². The highest BCUT2D eigenvalue weighted by Gasteiger charge is 2.28. The summed E-state index contributed by atoms with van der Waals surface area (Å²) in [5.41, 5.74) is 1.65. The van der Waals surface area contributed by atoms with Crippen molar-refractivity contribution in [1.82, 2.24) is 4.90 Å². The van der Waals surface area contributed by atoms with Crippen LogP contribution in [0, 0.1) is 5.41 Å². The van der Waals surface area contributed by atoms with E-state index in [-0.39, 0.29) is 22.7 Å². The van der Waals surface area contributed by atoms with Gasteiger partial charge in [0.15, 0.2) is 0 Å². The van der Waals surface area contributed by atoms with Gasteiger partial charge in [0, 0.05) is 11.1 Å². The van der Waals surface area contributed by atoms with E-state index in [9.17, 15) is 9.59 Å². The van der Waals surface area contributed by atoms with Crippen LogP contribution in [0.5, 0.6) is 0 Å². The quantitative estimate of drug-likeness (QED) is 0.117. The highest BCUT2D eigenvalue weighted by atomic mass is 16.2. The number of nitrogens with zero attached hydrogens (tertiary/aromatic N) is 1. The Morgan fingerprint density at radius 3 is 1.44 bits per heavy atom. The minimum atomic E-state index is -0.198. The van der Waals surface area contributed by atoms with Crippen LogP contribution in [-0.4, -0.2) is 24.5 Å². The summed E-state index contributed by atoms with van der Waals surface area (Å²) in [4.78, 5) is 27.7. The third-order valence-electron chi connectivity index (χ3n) is 8.07. The largest absolute Gasteiger partial charge is 0.303 e. The molecule has 0 N–H and O–H groups in total. The Balaban J connectivity index is 2.62. The second-order valence-corrected chi connectivity index (χ2v) is 12.9. The Hall–Kier alpha value is -0.960. The summed E-state index contributed by atoms with van der Waals surface area (Å²) in [5, 5.41) is 0. The molecule has 36 heavy (non-hydrogen) atoms. The molecule has 2 atom stereocenters. The van der Waals surface area contributed by atoms with Gasteiger partial charge in [-0.3, -0.25) is 9.59 Å². The van der Waals surface area contributed by atoms with E-state index in [1.807, 2.05) is 0 Å². The lowest BCUT2D eigenvalue weighted by Gasteiger charge is -2.27. The molecule has 1 rings (SSSR count). The molecule has 0 bridgehead atoms. The molecule has 0 saturated carbocycles. The predicted octanol–water partition coefficient (Wildman–Crippen LogP) is 9.12. The molecular weight excluding hydrogens is 442 g/mol. The van der Waals surface area contributed by atoms with Crippen LogP contribution in [0.25, 0.3) is 0 Å². The van der Waals surface area contributed by atoms with E-state index in [0.29, 0.717) is 5.41 Å². The third-order valence-corrected chi connectivity index (χ3v) is 8.07. The maximum Gasteiger partial charge on any atom is 0.229 e. The van der Waals surface area contributed by atoms with Gasteiger partial charge in [0.25, 0.3) is 0 Å². The van der Waals surface area contributed by atoms with Crippen LogP contribution in [0.4, 0.5) is 0 Å². The number of hydrogen-bond acceptors (Lipinski definition) is 3. The predicted molar refractivity (Wildman–Crippen MR) is 159 cm³/mol. The molecule has 0 spiro atoms. The van der Waals surface area contributed by atoms with Crippen molar-refractivity contribution in [3.8, 4) is 0 Å². The Bertz CT molecular complexity index is 753. The third kappa shape index (κ3) is 13.0. The van der Waals surface area contributed by atoms with Crippen LogP contribution in [0.1, 0.15) is 174 Å². The number of hydrogen-bond donors (Lipinski definition) is 0. The maximum atomic E-state index is 12.6. The Labute approximate surface area is 224 Å². The van der Waals surface area contributed by atoms with Crippen LogP contribution in [0.2, 0.25) is 0 Å². The van der Waals surface area contributed by atoms with E-state index in [1.54, 1.807) is 0 Å². The topological polar surface area (TPSA) is 37.4 Å². The molecule has 2 unspecified atom stereocenters. The van der Waals surface area contributed by atoms with Crippen LogP contribution in [-0.2, 0) is 0 Å². The molecular formula is C33H61NO2. The highest BCUT2D eigenvalue weighted by molar-refractivity contribution is 5.38. The second-order valence-electron chi connectivity index (χ2n) is 12.9. The standard InChI is InChI=1S/C33H61NO2/c1-8-10-12-14-15-17-19-25-34(24-18-16-13-11-9-2)26-22-28(4)30-29(31(35)32(30)36)27(3)21-20-23-33(5,6)7/h27-28H,8-26H2,1-7H3. The van der Waals surface area contributed by atoms with Gasteiger partial charge in [0.1, 0.15) is 0 Å². The molecule has 0 aliphatic carbocycles. The van der Waals surface area contributed by atoms with Crippen molar-refractivity contribution in [3.63, 3.8) is 0 Å². The summed E-state index contributed by atoms with van der Waals surface area (Å²) in [6, 6.07) is 0. The van der Waals surface area contributed by atoms with Crippen molar-refractivity contribution in [2.24, 2.45) is 5.41 Å². The average molecular weight is 504 g/mol. The van der Waals surface area contributed by atoms with Crippen molar-refractivity contribution < 1.29 is 0 Å². The first-order chi connectivity index (χ1) is 17.1. The molecule has 1 aromatic carbocycles. The van der Waals surface area contributed by atoms with E-state index in [0.717, 1.165) is 43.4 Å². The fraction of sp³-hybridized carbons (Fsp3) is 0.879. The highest BCUT2D eigenvalue weighted by Crippen LogP contribution is 2.30. The van der Waals surface area contributed by atoms with Gasteiger partial charge in [0.2, 0.25) is 10.9 Å². The van der Waals surface area contributed by atoms with Crippen molar-refractivity contribution in [2.75, 3.05) is 19.6 Å². The van der Waals surface area contributed by atoms with Gasteiger partial charge in [-0.25, -0.2) is 0 Å². The molecule has 3 nitrogen and oxygen atoms in total. The first-order valence-corrected chi connectivity index (χ1v) is 15.7. The van der Waals surface area contributed by atoms with Crippen LogP contribution in [0.3, 0.4) is 0 Å². The van der Waals surface area contributed by atoms with E-state index in [4.69, 9.17) is 0 Å². The normalized spacial score (nSPS) is 14.1. The lowest BCUT2D eigenvalue weighted by Crippen LogP contribution is -2.42. The Morgan fingerprint density at radius 2 is 1.00 bits per heavy atom. The number of unbranched alkanes of at least 4 members (excludes halogenated alkanes) is 10. The smallest absolute Gasteiger partial charge is 0.229 e. The summed E-state index contributed by atoms with van der Waals surface area (Å²) in [6.07, 6.45) is 20.3. The zero-order valence-electron chi connectivity index (χ0n) is 25.4. The monoisotopic (exact) mass is 503 g/mol. The summed E-state index contributed by atoms with van der Waals surface area (Å²) in [7, 11) is 0. The molecule has 3 heteroatoms. The molecule has 0 heterocycles. The van der Waals surface area contributed by atoms with Crippen LogP contribution in [0.15, 0.2) is 9.59 Å². The molecule has 0 amide bonds. The van der Waals surface area contributed by atoms with Gasteiger partial charge in [0.05, 0.1) is 0 Å². The number of rotatable bonds is 22. The first kappa shape index (κ1) is 33.1. The minimum absolute atomic E-state index is 0.187. The summed E-state index contributed by atoms with van der Waals surface area (Å²) in [6.45, 7) is 19.1. The van der Waals surface area contributed by atoms with Gasteiger partial charge >= 0.3 is 0 Å². The van der Waals surface area contributed by atoms with Gasteiger partial charge < -0.3 is 4.90 Å². The summed E-state index contributed by atoms with van der Waals surface area (Å²) >= 11 is 0. The van der Waals surface area contributed by atoms with Gasteiger partial charge in [-0.15, -0.1) is 0 Å². The van der Waals surface area contributed by atoms with Crippen molar-refractivity contribution >= 4 is 0 Å². The summed E-state index contributed by atoms with van der Waals surface area (Å²) in [5.74, 6) is 0.393. The molecule has 0 radical (unpaired) electrons.